The van der Waals surface area contributed by atoms with Crippen LogP contribution in [0.4, 0.5) is 0 Å². The van der Waals surface area contributed by atoms with Gasteiger partial charge in [-0.1, -0.05) is 6.92 Å². The van der Waals surface area contributed by atoms with Crippen LogP contribution in [0.15, 0.2) is 22.8 Å². The first-order valence-electron chi connectivity index (χ1n) is 6.71. The van der Waals surface area contributed by atoms with E-state index >= 15 is 0 Å². The summed E-state index contributed by atoms with van der Waals surface area (Å²) in [5.41, 5.74) is 2.00. The number of amides is 1. The lowest BCUT2D eigenvalue weighted by Gasteiger charge is -2.07. The number of carbonyl (C=O) groups is 1. The summed E-state index contributed by atoms with van der Waals surface area (Å²) < 4.78 is 2.93. The highest BCUT2D eigenvalue weighted by atomic mass is 79.9. The van der Waals surface area contributed by atoms with Crippen LogP contribution in [0.1, 0.15) is 39.2 Å². The third-order valence-electron chi connectivity index (χ3n) is 3.20. The monoisotopic (exact) mass is 354 g/mol. The van der Waals surface area contributed by atoms with Crippen molar-refractivity contribution in [3.63, 3.8) is 0 Å². The molecule has 0 atom stereocenters. The molecular formula is C15H19BrN2OS. The maximum atomic E-state index is 12.3. The molecule has 0 aliphatic carbocycles. The van der Waals surface area contributed by atoms with Crippen LogP contribution >= 0.6 is 27.3 Å². The maximum absolute atomic E-state index is 12.3. The van der Waals surface area contributed by atoms with Crippen molar-refractivity contribution in [3.8, 4) is 0 Å². The van der Waals surface area contributed by atoms with E-state index < -0.39 is 0 Å². The van der Waals surface area contributed by atoms with E-state index in [0.29, 0.717) is 12.2 Å². The number of hydrogen-bond acceptors (Lipinski definition) is 2. The van der Waals surface area contributed by atoms with Gasteiger partial charge in [0.2, 0.25) is 0 Å². The van der Waals surface area contributed by atoms with Gasteiger partial charge in [-0.3, -0.25) is 4.79 Å². The lowest BCUT2D eigenvalue weighted by molar-refractivity contribution is 0.0942. The van der Waals surface area contributed by atoms with Gasteiger partial charge >= 0.3 is 0 Å². The molecule has 2 aromatic rings. The zero-order valence-electron chi connectivity index (χ0n) is 12.0. The normalized spacial score (nSPS) is 10.8. The topological polar surface area (TPSA) is 34.0 Å². The number of aromatic nitrogens is 1. The Kier molecular flexibility index (Phi) is 5.05. The van der Waals surface area contributed by atoms with Gasteiger partial charge in [-0.05, 0) is 53.9 Å². The van der Waals surface area contributed by atoms with Crippen molar-refractivity contribution in [2.75, 3.05) is 0 Å². The Labute approximate surface area is 132 Å². The van der Waals surface area contributed by atoms with E-state index in [2.05, 4.69) is 48.1 Å². The highest BCUT2D eigenvalue weighted by molar-refractivity contribution is 9.10. The minimum absolute atomic E-state index is 0.0205. The Morgan fingerprint density at radius 2 is 2.15 bits per heavy atom. The van der Waals surface area contributed by atoms with Crippen LogP contribution in [0.25, 0.3) is 0 Å². The highest BCUT2D eigenvalue weighted by Gasteiger charge is 2.13. The number of halogens is 1. The summed E-state index contributed by atoms with van der Waals surface area (Å²) in [4.78, 5) is 14.8. The Morgan fingerprint density at radius 1 is 1.40 bits per heavy atom. The fourth-order valence-electron chi connectivity index (χ4n) is 2.09. The summed E-state index contributed by atoms with van der Waals surface area (Å²) in [7, 11) is 0. The fraction of sp³-hybridized carbons (Fsp3) is 0.400. The molecule has 2 aromatic heterocycles. The summed E-state index contributed by atoms with van der Waals surface area (Å²) in [5.74, 6) is -0.0205. The van der Waals surface area contributed by atoms with E-state index in [0.717, 1.165) is 17.4 Å². The molecule has 2 heterocycles. The largest absolute Gasteiger partial charge is 0.346 e. The third-order valence-corrected chi connectivity index (χ3v) is 4.79. The molecule has 0 aliphatic heterocycles. The molecule has 1 N–H and O–H groups in total. The SMILES string of the molecule is CCCn1cc(Br)cc1C(=O)NCc1cc(C)c(C)s1. The van der Waals surface area contributed by atoms with Gasteiger partial charge in [0.1, 0.15) is 5.69 Å². The minimum atomic E-state index is -0.0205. The molecule has 0 spiro atoms. The Bertz CT molecular complexity index is 596. The number of carbonyl (C=O) groups excluding carboxylic acids is 1. The molecular weight excluding hydrogens is 336 g/mol. The average Bonchev–Trinajstić information content (AvgIpc) is 2.91. The summed E-state index contributed by atoms with van der Waals surface area (Å²) in [5, 5.41) is 3.00. The summed E-state index contributed by atoms with van der Waals surface area (Å²) in [6.07, 6.45) is 2.96. The van der Waals surface area contributed by atoms with Crippen LogP contribution in [0, 0.1) is 13.8 Å². The van der Waals surface area contributed by atoms with E-state index in [9.17, 15) is 4.79 Å². The van der Waals surface area contributed by atoms with Crippen LogP contribution in [0.5, 0.6) is 0 Å². The molecule has 0 aliphatic rings. The van der Waals surface area contributed by atoms with Gasteiger partial charge in [0.15, 0.2) is 0 Å². The molecule has 0 fully saturated rings. The van der Waals surface area contributed by atoms with E-state index in [1.165, 1.54) is 15.3 Å². The first-order valence-corrected chi connectivity index (χ1v) is 8.32. The van der Waals surface area contributed by atoms with Crippen LogP contribution in [-0.2, 0) is 13.1 Å². The second-order valence-corrected chi connectivity index (χ2v) is 7.13. The average molecular weight is 355 g/mol. The van der Waals surface area contributed by atoms with Crippen molar-refractivity contribution >= 4 is 33.2 Å². The number of rotatable bonds is 5. The molecule has 20 heavy (non-hydrogen) atoms. The molecule has 0 aromatic carbocycles. The van der Waals surface area contributed by atoms with Crippen molar-refractivity contribution < 1.29 is 4.79 Å². The quantitative estimate of drug-likeness (QED) is 0.854. The van der Waals surface area contributed by atoms with E-state index in [1.54, 1.807) is 11.3 Å². The van der Waals surface area contributed by atoms with Gasteiger partial charge in [0, 0.05) is 27.0 Å². The van der Waals surface area contributed by atoms with E-state index in [-0.39, 0.29) is 5.91 Å². The molecule has 0 radical (unpaired) electrons. The highest BCUT2D eigenvalue weighted by Crippen LogP contribution is 2.21. The smallest absolute Gasteiger partial charge is 0.268 e. The fourth-order valence-corrected chi connectivity index (χ4v) is 3.54. The number of nitrogens with one attached hydrogen (secondary N) is 1. The predicted octanol–water partition coefficient (Wildman–Crippen LogP) is 4.27. The third kappa shape index (κ3) is 3.52. The molecule has 0 unspecified atom stereocenters. The zero-order chi connectivity index (χ0) is 14.7. The second-order valence-electron chi connectivity index (χ2n) is 4.87. The van der Waals surface area contributed by atoms with Gasteiger partial charge in [-0.25, -0.2) is 0 Å². The predicted molar refractivity (Wildman–Crippen MR) is 87.4 cm³/mol. The van der Waals surface area contributed by atoms with Crippen molar-refractivity contribution in [2.45, 2.75) is 40.3 Å². The molecule has 0 saturated heterocycles. The van der Waals surface area contributed by atoms with E-state index in [1.807, 2.05) is 16.8 Å². The van der Waals surface area contributed by atoms with Crippen LogP contribution < -0.4 is 5.32 Å². The zero-order valence-corrected chi connectivity index (χ0v) is 14.4. The van der Waals surface area contributed by atoms with Crippen molar-refractivity contribution in [1.29, 1.82) is 0 Å². The van der Waals surface area contributed by atoms with Crippen molar-refractivity contribution in [1.82, 2.24) is 9.88 Å². The van der Waals surface area contributed by atoms with Crippen molar-refractivity contribution in [3.05, 3.63) is 43.8 Å². The Balaban J connectivity index is 2.04. The number of thiophene rings is 1. The summed E-state index contributed by atoms with van der Waals surface area (Å²) >= 11 is 5.17. The molecule has 3 nitrogen and oxygen atoms in total. The molecule has 0 saturated carbocycles. The first-order chi connectivity index (χ1) is 9.51. The van der Waals surface area contributed by atoms with Crippen LogP contribution in [-0.4, -0.2) is 10.5 Å². The molecule has 2 rings (SSSR count). The standard InChI is InChI=1S/C15H19BrN2OS/c1-4-5-18-9-12(16)7-14(18)15(19)17-8-13-6-10(2)11(3)20-13/h6-7,9H,4-5,8H2,1-3H3,(H,17,19). The molecule has 108 valence electrons. The van der Waals surface area contributed by atoms with Gasteiger partial charge < -0.3 is 9.88 Å². The maximum Gasteiger partial charge on any atom is 0.268 e. The Hall–Kier alpha value is -1.07. The van der Waals surface area contributed by atoms with Gasteiger partial charge in [0.25, 0.3) is 5.91 Å². The minimum Gasteiger partial charge on any atom is -0.346 e. The van der Waals surface area contributed by atoms with Gasteiger partial charge in [0.05, 0.1) is 6.54 Å². The van der Waals surface area contributed by atoms with Gasteiger partial charge in [-0.15, -0.1) is 11.3 Å². The van der Waals surface area contributed by atoms with Crippen molar-refractivity contribution in [2.24, 2.45) is 0 Å². The summed E-state index contributed by atoms with van der Waals surface area (Å²) in [6.45, 7) is 7.75. The second kappa shape index (κ2) is 6.59. The van der Waals surface area contributed by atoms with Gasteiger partial charge in [-0.2, -0.15) is 0 Å². The lowest BCUT2D eigenvalue weighted by Crippen LogP contribution is -2.25. The lowest BCUT2D eigenvalue weighted by atomic mass is 10.3. The molecule has 1 amide bonds. The van der Waals surface area contributed by atoms with Crippen LogP contribution in [0.2, 0.25) is 0 Å². The molecule has 0 bridgehead atoms. The number of aryl methyl sites for hydroxylation is 3. The van der Waals surface area contributed by atoms with Crippen LogP contribution in [0.3, 0.4) is 0 Å². The molecule has 5 heteroatoms. The summed E-state index contributed by atoms with van der Waals surface area (Å²) in [6, 6.07) is 4.01. The first kappa shape index (κ1) is 15.3. The number of hydrogen-bond donors (Lipinski definition) is 1. The number of nitrogens with zero attached hydrogens (tertiary/aromatic N) is 1. The Morgan fingerprint density at radius 3 is 2.75 bits per heavy atom. The van der Waals surface area contributed by atoms with E-state index in [4.69, 9.17) is 0 Å².